The fourth-order valence-electron chi connectivity index (χ4n) is 2.21. The highest BCUT2D eigenvalue weighted by molar-refractivity contribution is 6.00. The molecule has 7 nitrogen and oxygen atoms in total. The van der Waals surface area contributed by atoms with E-state index in [4.69, 9.17) is 0 Å². The van der Waals surface area contributed by atoms with E-state index in [1.165, 1.54) is 0 Å². The van der Waals surface area contributed by atoms with Crippen molar-refractivity contribution in [2.75, 3.05) is 31.3 Å². The lowest BCUT2D eigenvalue weighted by atomic mass is 10.1. The molecule has 7 heteroatoms. The summed E-state index contributed by atoms with van der Waals surface area (Å²) in [7, 11) is 3.65. The number of likely N-dealkylation sites (N-methyl/N-ethyl adjacent to an activating group) is 1. The van der Waals surface area contributed by atoms with Crippen molar-refractivity contribution in [3.63, 3.8) is 0 Å². The fraction of sp³-hybridized carbons (Fsp3) is 0.353. The van der Waals surface area contributed by atoms with Gasteiger partial charge in [-0.1, -0.05) is 19.1 Å². The minimum atomic E-state index is -0.254. The summed E-state index contributed by atoms with van der Waals surface area (Å²) in [5, 5.41) is 9.80. The second-order valence-corrected chi connectivity index (χ2v) is 5.95. The van der Waals surface area contributed by atoms with Crippen LogP contribution in [0.2, 0.25) is 0 Å². The maximum absolute atomic E-state index is 12.4. The minimum absolute atomic E-state index is 0.125. The van der Waals surface area contributed by atoms with Gasteiger partial charge in [0.15, 0.2) is 0 Å². The molecule has 1 unspecified atom stereocenters. The Morgan fingerprint density at radius 3 is 2.42 bits per heavy atom. The lowest BCUT2D eigenvalue weighted by molar-refractivity contribution is -0.120. The van der Waals surface area contributed by atoms with Crippen LogP contribution in [0.25, 0.3) is 0 Å². The lowest BCUT2D eigenvalue weighted by Gasteiger charge is -2.16. The molecule has 128 valence electrons. The van der Waals surface area contributed by atoms with Gasteiger partial charge in [-0.05, 0) is 32.3 Å². The van der Waals surface area contributed by atoms with Crippen molar-refractivity contribution in [3.05, 3.63) is 42.7 Å². The van der Waals surface area contributed by atoms with Crippen LogP contribution >= 0.6 is 0 Å². The van der Waals surface area contributed by atoms with Crippen LogP contribution in [-0.4, -0.2) is 47.1 Å². The molecule has 1 aromatic heterocycles. The van der Waals surface area contributed by atoms with Crippen molar-refractivity contribution in [1.82, 2.24) is 14.7 Å². The highest BCUT2D eigenvalue weighted by Crippen LogP contribution is 2.21. The van der Waals surface area contributed by atoms with Crippen molar-refractivity contribution in [1.29, 1.82) is 0 Å². The van der Waals surface area contributed by atoms with Crippen LogP contribution in [0.4, 0.5) is 11.4 Å². The number of aromatic nitrogens is 2. The Balaban J connectivity index is 2.01. The number of benzene rings is 1. The highest BCUT2D eigenvalue weighted by Gasteiger charge is 2.16. The molecule has 2 rings (SSSR count). The van der Waals surface area contributed by atoms with Gasteiger partial charge < -0.3 is 15.5 Å². The van der Waals surface area contributed by atoms with Gasteiger partial charge in [-0.3, -0.25) is 14.3 Å². The van der Waals surface area contributed by atoms with Crippen LogP contribution in [0.15, 0.2) is 42.7 Å². The predicted octanol–water partition coefficient (Wildman–Crippen LogP) is 1.66. The average molecular weight is 329 g/mol. The van der Waals surface area contributed by atoms with Gasteiger partial charge in [0.1, 0.15) is 0 Å². The van der Waals surface area contributed by atoms with E-state index >= 15 is 0 Å². The normalized spacial score (nSPS) is 12.0. The second kappa shape index (κ2) is 8.26. The Labute approximate surface area is 141 Å². The van der Waals surface area contributed by atoms with E-state index in [-0.39, 0.29) is 24.3 Å². The van der Waals surface area contributed by atoms with Crippen molar-refractivity contribution in [2.45, 2.75) is 13.5 Å². The van der Waals surface area contributed by atoms with Gasteiger partial charge in [-0.25, -0.2) is 0 Å². The van der Waals surface area contributed by atoms with Gasteiger partial charge in [-0.15, -0.1) is 0 Å². The lowest BCUT2D eigenvalue weighted by Crippen LogP contribution is -2.28. The average Bonchev–Trinajstić information content (AvgIpc) is 3.01. The third-order valence-corrected chi connectivity index (χ3v) is 3.39. The topological polar surface area (TPSA) is 79.3 Å². The van der Waals surface area contributed by atoms with E-state index in [2.05, 4.69) is 15.7 Å². The van der Waals surface area contributed by atoms with Crippen LogP contribution in [0, 0.1) is 5.92 Å². The maximum atomic E-state index is 12.4. The molecule has 0 bridgehead atoms. The number of hydrogen-bond acceptors (Lipinski definition) is 4. The van der Waals surface area contributed by atoms with Gasteiger partial charge in [0.2, 0.25) is 11.8 Å². The molecule has 0 aliphatic heterocycles. The summed E-state index contributed by atoms with van der Waals surface area (Å²) in [6.07, 6.45) is 3.50. The Morgan fingerprint density at radius 2 is 1.83 bits per heavy atom. The third-order valence-electron chi connectivity index (χ3n) is 3.39. The van der Waals surface area contributed by atoms with Crippen LogP contribution < -0.4 is 10.6 Å². The first kappa shape index (κ1) is 17.7. The molecule has 0 aliphatic rings. The third kappa shape index (κ3) is 5.20. The van der Waals surface area contributed by atoms with Gasteiger partial charge in [0.05, 0.1) is 30.4 Å². The van der Waals surface area contributed by atoms with Crippen molar-refractivity contribution < 1.29 is 9.59 Å². The van der Waals surface area contributed by atoms with E-state index in [0.29, 0.717) is 17.9 Å². The van der Waals surface area contributed by atoms with E-state index in [1.54, 1.807) is 27.9 Å². The number of carbonyl (C=O) groups excluding carboxylic acids is 2. The molecule has 0 fully saturated rings. The van der Waals surface area contributed by atoms with E-state index < -0.39 is 0 Å². The van der Waals surface area contributed by atoms with Crippen LogP contribution in [-0.2, 0) is 16.1 Å². The van der Waals surface area contributed by atoms with Crippen molar-refractivity contribution in [2.24, 2.45) is 5.92 Å². The SMILES string of the molecule is CC(Cn1cccn1)C(=O)Nc1ccccc1NC(=O)CN(C)C. The molecule has 1 heterocycles. The molecular formula is C17H23N5O2. The molecule has 0 aliphatic carbocycles. The number of hydrogen-bond donors (Lipinski definition) is 2. The first-order valence-electron chi connectivity index (χ1n) is 7.77. The molecule has 2 amide bonds. The first-order valence-corrected chi connectivity index (χ1v) is 7.77. The van der Waals surface area contributed by atoms with Crippen LogP contribution in [0.1, 0.15) is 6.92 Å². The molecule has 24 heavy (non-hydrogen) atoms. The number of anilines is 2. The van der Waals surface area contributed by atoms with Crippen LogP contribution in [0.5, 0.6) is 0 Å². The number of carbonyl (C=O) groups is 2. The van der Waals surface area contributed by atoms with Crippen molar-refractivity contribution in [3.8, 4) is 0 Å². The molecule has 1 aromatic carbocycles. The van der Waals surface area contributed by atoms with Gasteiger partial charge in [-0.2, -0.15) is 5.10 Å². The van der Waals surface area contributed by atoms with Crippen LogP contribution in [0.3, 0.4) is 0 Å². The summed E-state index contributed by atoms with van der Waals surface area (Å²) in [4.78, 5) is 26.1. The molecule has 2 N–H and O–H groups in total. The highest BCUT2D eigenvalue weighted by atomic mass is 16.2. The molecule has 0 spiro atoms. The van der Waals surface area contributed by atoms with Gasteiger partial charge in [0.25, 0.3) is 0 Å². The zero-order valence-corrected chi connectivity index (χ0v) is 14.2. The Bertz CT molecular complexity index is 682. The number of amides is 2. The van der Waals surface area contributed by atoms with Gasteiger partial charge in [0, 0.05) is 12.4 Å². The summed E-state index contributed by atoms with van der Waals surface area (Å²) in [5.74, 6) is -0.512. The molecule has 0 saturated heterocycles. The fourth-order valence-corrected chi connectivity index (χ4v) is 2.21. The number of rotatable bonds is 7. The maximum Gasteiger partial charge on any atom is 0.238 e. The van der Waals surface area contributed by atoms with Gasteiger partial charge >= 0.3 is 0 Å². The minimum Gasteiger partial charge on any atom is -0.324 e. The quantitative estimate of drug-likeness (QED) is 0.810. The molecule has 1 atom stereocenters. The first-order chi connectivity index (χ1) is 11.5. The van der Waals surface area contributed by atoms with E-state index in [9.17, 15) is 9.59 Å². The van der Waals surface area contributed by atoms with E-state index in [1.807, 2.05) is 45.4 Å². The predicted molar refractivity (Wildman–Crippen MR) is 93.6 cm³/mol. The molecule has 0 radical (unpaired) electrons. The zero-order chi connectivity index (χ0) is 17.5. The summed E-state index contributed by atoms with van der Waals surface area (Å²) >= 11 is 0. The molecule has 2 aromatic rings. The standard InChI is InChI=1S/C17H23N5O2/c1-13(11-22-10-6-9-18-22)17(24)20-15-8-5-4-7-14(15)19-16(23)12-21(2)3/h4-10,13H,11-12H2,1-3H3,(H,19,23)(H,20,24). The van der Waals surface area contributed by atoms with Crippen molar-refractivity contribution >= 4 is 23.2 Å². The smallest absolute Gasteiger partial charge is 0.238 e. The summed E-state index contributed by atoms with van der Waals surface area (Å²) in [6.45, 7) is 2.61. The monoisotopic (exact) mass is 329 g/mol. The van der Waals surface area contributed by atoms with E-state index in [0.717, 1.165) is 0 Å². The second-order valence-electron chi connectivity index (χ2n) is 5.95. The summed E-state index contributed by atoms with van der Waals surface area (Å²) in [6, 6.07) is 8.98. The summed E-state index contributed by atoms with van der Waals surface area (Å²) in [5.41, 5.74) is 1.17. The number of nitrogens with zero attached hydrogens (tertiary/aromatic N) is 3. The number of para-hydroxylation sites is 2. The molecular weight excluding hydrogens is 306 g/mol. The Kier molecular flexibility index (Phi) is 6.08. The molecule has 0 saturated carbocycles. The Morgan fingerprint density at radius 1 is 1.17 bits per heavy atom. The Hall–Kier alpha value is -2.67. The zero-order valence-electron chi connectivity index (χ0n) is 14.2. The summed E-state index contributed by atoms with van der Waals surface area (Å²) < 4.78 is 1.72. The largest absolute Gasteiger partial charge is 0.324 e. The number of nitrogens with one attached hydrogen (secondary N) is 2.